The molecule has 5 heteroatoms. The van der Waals surface area contributed by atoms with Crippen molar-refractivity contribution in [1.29, 1.82) is 0 Å². The molecule has 5 nitrogen and oxygen atoms in total. The molecule has 0 fully saturated rings. The largest absolute Gasteiger partial charge is 0.506 e. The smallest absolute Gasteiger partial charge is 0.341 e. The third kappa shape index (κ3) is 3.57. The number of methoxy groups -OCH3 is 1. The average molecular weight is 355 g/mol. The van der Waals surface area contributed by atoms with Gasteiger partial charge in [-0.3, -0.25) is 4.79 Å². The Labute approximate surface area is 154 Å². The number of aryl methyl sites for hydroxylation is 1. The first-order valence-corrected chi connectivity index (χ1v) is 8.69. The maximum Gasteiger partial charge on any atom is 0.341 e. The highest BCUT2D eigenvalue weighted by molar-refractivity contribution is 6.09. The first-order valence-electron chi connectivity index (χ1n) is 8.69. The van der Waals surface area contributed by atoms with Crippen LogP contribution in [0, 0.1) is 13.8 Å². The summed E-state index contributed by atoms with van der Waals surface area (Å²) in [6.45, 7) is 7.45. The molecule has 0 aromatic heterocycles. The number of carbonyl (C=O) groups is 2. The molecule has 2 N–H and O–H groups in total. The summed E-state index contributed by atoms with van der Waals surface area (Å²) in [6.07, 6.45) is 0.731. The Balaban J connectivity index is 2.76. The lowest BCUT2D eigenvalue weighted by Gasteiger charge is -2.21. The number of phenolic OH excluding ortho intramolecular Hbond substituents is 1. The van der Waals surface area contributed by atoms with Gasteiger partial charge in [-0.05, 0) is 43.5 Å². The third-order valence-electron chi connectivity index (χ3n) is 4.52. The van der Waals surface area contributed by atoms with Crippen LogP contribution in [0.2, 0.25) is 0 Å². The standard InChI is InChI=1S/C21H25NO4/c1-6-15-13(4)19(22-14-10-8-12(3)9-11-14)18(16(23)7-2)20(24)17(15)21(25)26-5/h8-11,22,24H,6-7H2,1-5H3. The van der Waals surface area contributed by atoms with Gasteiger partial charge in [0.2, 0.25) is 0 Å². The number of anilines is 2. The van der Waals surface area contributed by atoms with Gasteiger partial charge in [0.05, 0.1) is 18.4 Å². The van der Waals surface area contributed by atoms with Crippen molar-refractivity contribution < 1.29 is 19.4 Å². The van der Waals surface area contributed by atoms with E-state index < -0.39 is 5.97 Å². The Morgan fingerprint density at radius 2 is 1.69 bits per heavy atom. The van der Waals surface area contributed by atoms with Crippen molar-refractivity contribution in [3.63, 3.8) is 0 Å². The normalized spacial score (nSPS) is 10.5. The zero-order valence-corrected chi connectivity index (χ0v) is 15.9. The minimum absolute atomic E-state index is 0.0683. The van der Waals surface area contributed by atoms with E-state index in [1.54, 1.807) is 6.92 Å². The van der Waals surface area contributed by atoms with Crippen molar-refractivity contribution in [2.45, 2.75) is 40.5 Å². The first-order chi connectivity index (χ1) is 12.3. The van der Waals surface area contributed by atoms with Crippen molar-refractivity contribution in [3.05, 3.63) is 52.1 Å². The molecule has 0 aliphatic rings. The molecule has 138 valence electrons. The molecule has 0 aliphatic heterocycles. The number of carbonyl (C=O) groups excluding carboxylic acids is 2. The number of rotatable bonds is 6. The summed E-state index contributed by atoms with van der Waals surface area (Å²) in [5.74, 6) is -1.21. The van der Waals surface area contributed by atoms with E-state index >= 15 is 0 Å². The van der Waals surface area contributed by atoms with Gasteiger partial charge >= 0.3 is 5.97 Å². The van der Waals surface area contributed by atoms with Crippen LogP contribution in [0.1, 0.15) is 57.7 Å². The predicted molar refractivity (Wildman–Crippen MR) is 103 cm³/mol. The lowest BCUT2D eigenvalue weighted by atomic mass is 9.90. The lowest BCUT2D eigenvalue weighted by molar-refractivity contribution is 0.0596. The van der Waals surface area contributed by atoms with E-state index in [0.29, 0.717) is 17.7 Å². The van der Waals surface area contributed by atoms with Crippen LogP contribution in [0.3, 0.4) is 0 Å². The fourth-order valence-electron chi connectivity index (χ4n) is 3.06. The van der Waals surface area contributed by atoms with Crippen molar-refractivity contribution in [2.75, 3.05) is 12.4 Å². The Hall–Kier alpha value is -2.82. The number of nitrogens with one attached hydrogen (secondary N) is 1. The van der Waals surface area contributed by atoms with Gasteiger partial charge in [0, 0.05) is 12.1 Å². The van der Waals surface area contributed by atoms with Gasteiger partial charge in [0.15, 0.2) is 5.78 Å². The number of esters is 1. The van der Waals surface area contributed by atoms with E-state index in [-0.39, 0.29) is 29.1 Å². The summed E-state index contributed by atoms with van der Waals surface area (Å²) < 4.78 is 4.82. The molecule has 0 saturated carbocycles. The van der Waals surface area contributed by atoms with E-state index in [2.05, 4.69) is 5.32 Å². The highest BCUT2D eigenvalue weighted by Gasteiger charge is 2.28. The van der Waals surface area contributed by atoms with Crippen LogP contribution in [-0.4, -0.2) is 24.0 Å². The van der Waals surface area contributed by atoms with Crippen LogP contribution >= 0.6 is 0 Å². The summed E-state index contributed by atoms with van der Waals surface area (Å²) in [4.78, 5) is 24.8. The fraction of sp³-hybridized carbons (Fsp3) is 0.333. The molecule has 0 atom stereocenters. The number of phenols is 1. The molecule has 0 bridgehead atoms. The number of benzene rings is 2. The number of hydrogen-bond acceptors (Lipinski definition) is 5. The summed E-state index contributed by atoms with van der Waals surface area (Å²) in [5, 5.41) is 14.0. The maximum atomic E-state index is 12.6. The number of ketones is 1. The van der Waals surface area contributed by atoms with Gasteiger partial charge < -0.3 is 15.2 Å². The zero-order valence-electron chi connectivity index (χ0n) is 15.9. The molecular weight excluding hydrogens is 330 g/mol. The quantitative estimate of drug-likeness (QED) is 0.580. The zero-order chi connectivity index (χ0) is 19.4. The van der Waals surface area contributed by atoms with Gasteiger partial charge in [-0.2, -0.15) is 0 Å². The minimum atomic E-state index is -0.644. The number of ether oxygens (including phenoxy) is 1. The fourth-order valence-corrected chi connectivity index (χ4v) is 3.06. The van der Waals surface area contributed by atoms with Crippen LogP contribution in [-0.2, 0) is 11.2 Å². The van der Waals surface area contributed by atoms with Crippen LogP contribution in [0.25, 0.3) is 0 Å². The molecule has 0 spiro atoms. The second-order valence-corrected chi connectivity index (χ2v) is 6.19. The Kier molecular flexibility index (Phi) is 6.03. The topological polar surface area (TPSA) is 75.6 Å². The third-order valence-corrected chi connectivity index (χ3v) is 4.52. The van der Waals surface area contributed by atoms with Crippen LogP contribution in [0.15, 0.2) is 24.3 Å². The molecule has 0 radical (unpaired) electrons. The second-order valence-electron chi connectivity index (χ2n) is 6.19. The van der Waals surface area contributed by atoms with Crippen molar-refractivity contribution in [1.82, 2.24) is 0 Å². The van der Waals surface area contributed by atoms with Crippen LogP contribution < -0.4 is 5.32 Å². The SMILES string of the molecule is CCC(=O)c1c(O)c(C(=O)OC)c(CC)c(C)c1Nc1ccc(C)cc1. The van der Waals surface area contributed by atoms with E-state index in [1.807, 2.05) is 45.0 Å². The van der Waals surface area contributed by atoms with Gasteiger partial charge in [0.25, 0.3) is 0 Å². The van der Waals surface area contributed by atoms with E-state index in [1.165, 1.54) is 7.11 Å². The van der Waals surface area contributed by atoms with Gasteiger partial charge in [-0.25, -0.2) is 4.79 Å². The van der Waals surface area contributed by atoms with Gasteiger partial charge in [-0.1, -0.05) is 31.5 Å². The molecule has 0 aliphatic carbocycles. The molecule has 0 saturated heterocycles. The minimum Gasteiger partial charge on any atom is -0.506 e. The number of aromatic hydroxyl groups is 1. The number of Topliss-reactive ketones (excluding diaryl/α,β-unsaturated/α-hetero) is 1. The Morgan fingerprint density at radius 1 is 1.08 bits per heavy atom. The van der Waals surface area contributed by atoms with Crippen molar-refractivity contribution in [2.24, 2.45) is 0 Å². The van der Waals surface area contributed by atoms with Crippen molar-refractivity contribution in [3.8, 4) is 5.75 Å². The van der Waals surface area contributed by atoms with Crippen molar-refractivity contribution >= 4 is 23.1 Å². The molecule has 0 heterocycles. The monoisotopic (exact) mass is 355 g/mol. The van der Waals surface area contributed by atoms with E-state index in [0.717, 1.165) is 16.8 Å². The molecule has 0 unspecified atom stereocenters. The highest BCUT2D eigenvalue weighted by Crippen LogP contribution is 2.39. The molecule has 26 heavy (non-hydrogen) atoms. The molecule has 0 amide bonds. The number of hydrogen-bond donors (Lipinski definition) is 2. The average Bonchev–Trinajstić information content (AvgIpc) is 2.64. The van der Waals surface area contributed by atoms with E-state index in [9.17, 15) is 14.7 Å². The van der Waals surface area contributed by atoms with Gasteiger partial charge in [0.1, 0.15) is 11.3 Å². The summed E-state index contributed by atoms with van der Waals surface area (Å²) >= 11 is 0. The maximum absolute atomic E-state index is 12.6. The summed E-state index contributed by atoms with van der Waals surface area (Å²) in [7, 11) is 1.26. The van der Waals surface area contributed by atoms with Crippen LogP contribution in [0.4, 0.5) is 11.4 Å². The highest BCUT2D eigenvalue weighted by atomic mass is 16.5. The molecule has 2 aromatic carbocycles. The second kappa shape index (κ2) is 8.04. The molecule has 2 rings (SSSR count). The molecule has 2 aromatic rings. The lowest BCUT2D eigenvalue weighted by Crippen LogP contribution is -2.14. The Morgan fingerprint density at radius 3 is 2.19 bits per heavy atom. The summed E-state index contributed by atoms with van der Waals surface area (Å²) in [6, 6.07) is 7.74. The first kappa shape index (κ1) is 19.5. The van der Waals surface area contributed by atoms with E-state index in [4.69, 9.17) is 4.74 Å². The van der Waals surface area contributed by atoms with Crippen LogP contribution in [0.5, 0.6) is 5.75 Å². The summed E-state index contributed by atoms with van der Waals surface area (Å²) in [5.41, 5.74) is 4.07. The predicted octanol–water partition coefficient (Wildman–Crippen LogP) is 4.69. The Bertz CT molecular complexity index is 838. The molecular formula is C21H25NO4. The van der Waals surface area contributed by atoms with Gasteiger partial charge in [-0.15, -0.1) is 0 Å².